The summed E-state index contributed by atoms with van der Waals surface area (Å²) in [6.07, 6.45) is 0.338. The van der Waals surface area contributed by atoms with Gasteiger partial charge < -0.3 is 4.74 Å². The van der Waals surface area contributed by atoms with E-state index in [0.29, 0.717) is 6.42 Å². The fourth-order valence-electron chi connectivity index (χ4n) is 0.578. The standard InChI is InChI=1S/C7H9NO3/c1-3-5(4-8)6(9)7(10)11-2/h5H,3H2,1-2H3. The summed E-state index contributed by atoms with van der Waals surface area (Å²) in [6, 6.07) is 1.72. The summed E-state index contributed by atoms with van der Waals surface area (Å²) in [5, 5.41) is 8.36. The van der Waals surface area contributed by atoms with Crippen LogP contribution in [0.25, 0.3) is 0 Å². The maximum atomic E-state index is 10.8. The average molecular weight is 155 g/mol. The number of nitriles is 1. The first-order chi connectivity index (χ1) is 5.17. The maximum Gasteiger partial charge on any atom is 0.375 e. The molecule has 0 amide bonds. The molecule has 60 valence electrons. The lowest BCUT2D eigenvalue weighted by Crippen LogP contribution is -2.23. The Morgan fingerprint density at radius 2 is 2.18 bits per heavy atom. The predicted molar refractivity (Wildman–Crippen MR) is 36.4 cm³/mol. The molecule has 0 aromatic rings. The number of hydrogen-bond acceptors (Lipinski definition) is 4. The quantitative estimate of drug-likeness (QED) is 0.433. The van der Waals surface area contributed by atoms with Crippen LogP contribution in [0.5, 0.6) is 0 Å². The van der Waals surface area contributed by atoms with Gasteiger partial charge in [-0.2, -0.15) is 5.26 Å². The number of hydrogen-bond donors (Lipinski definition) is 0. The van der Waals surface area contributed by atoms with E-state index in [0.717, 1.165) is 7.11 Å². The van der Waals surface area contributed by atoms with Gasteiger partial charge in [0, 0.05) is 0 Å². The number of Topliss-reactive ketones (excluding diaryl/α,β-unsaturated/α-hetero) is 1. The van der Waals surface area contributed by atoms with E-state index in [1.54, 1.807) is 13.0 Å². The molecule has 0 aromatic carbocycles. The van der Waals surface area contributed by atoms with Gasteiger partial charge in [0.05, 0.1) is 13.2 Å². The van der Waals surface area contributed by atoms with Crippen molar-refractivity contribution >= 4 is 11.8 Å². The molecule has 1 atom stereocenters. The molecule has 0 bridgehead atoms. The Balaban J connectivity index is 4.24. The maximum absolute atomic E-state index is 10.8. The third-order valence-electron chi connectivity index (χ3n) is 1.27. The summed E-state index contributed by atoms with van der Waals surface area (Å²) in [5.41, 5.74) is 0. The SMILES string of the molecule is CCC(C#N)C(=O)C(=O)OC. The number of nitrogens with zero attached hydrogens (tertiary/aromatic N) is 1. The zero-order valence-electron chi connectivity index (χ0n) is 6.46. The van der Waals surface area contributed by atoms with E-state index in [1.807, 2.05) is 0 Å². The van der Waals surface area contributed by atoms with Gasteiger partial charge in [-0.05, 0) is 6.42 Å². The number of esters is 1. The first-order valence-corrected chi connectivity index (χ1v) is 3.19. The first-order valence-electron chi connectivity index (χ1n) is 3.19. The van der Waals surface area contributed by atoms with Crippen LogP contribution in [0.2, 0.25) is 0 Å². The lowest BCUT2D eigenvalue weighted by atomic mass is 10.0. The molecule has 0 rings (SSSR count). The summed E-state index contributed by atoms with van der Waals surface area (Å²) >= 11 is 0. The normalized spacial score (nSPS) is 11.4. The molecule has 4 nitrogen and oxygen atoms in total. The minimum Gasteiger partial charge on any atom is -0.463 e. The Labute approximate surface area is 64.8 Å². The van der Waals surface area contributed by atoms with Gasteiger partial charge in [-0.25, -0.2) is 4.79 Å². The smallest absolute Gasteiger partial charge is 0.375 e. The van der Waals surface area contributed by atoms with Gasteiger partial charge in [-0.15, -0.1) is 0 Å². The van der Waals surface area contributed by atoms with E-state index >= 15 is 0 Å². The molecular formula is C7H9NO3. The Morgan fingerprint density at radius 3 is 2.45 bits per heavy atom. The Bertz CT molecular complexity index is 204. The second-order valence-corrected chi connectivity index (χ2v) is 1.95. The summed E-state index contributed by atoms with van der Waals surface area (Å²) < 4.78 is 4.16. The van der Waals surface area contributed by atoms with Crippen molar-refractivity contribution in [2.75, 3.05) is 7.11 Å². The van der Waals surface area contributed by atoms with Crippen LogP contribution in [0.1, 0.15) is 13.3 Å². The summed E-state index contributed by atoms with van der Waals surface area (Å²) in [5.74, 6) is -2.57. The minimum absolute atomic E-state index is 0.338. The molecule has 4 heteroatoms. The van der Waals surface area contributed by atoms with Crippen molar-refractivity contribution in [3.05, 3.63) is 0 Å². The number of ether oxygens (including phenoxy) is 1. The van der Waals surface area contributed by atoms with Gasteiger partial charge in [-0.1, -0.05) is 6.92 Å². The molecule has 11 heavy (non-hydrogen) atoms. The van der Waals surface area contributed by atoms with Crippen molar-refractivity contribution in [3.8, 4) is 6.07 Å². The van der Waals surface area contributed by atoms with Gasteiger partial charge in [-0.3, -0.25) is 4.79 Å². The highest BCUT2D eigenvalue weighted by Gasteiger charge is 2.23. The molecule has 0 aromatic heterocycles. The van der Waals surface area contributed by atoms with Crippen molar-refractivity contribution in [1.82, 2.24) is 0 Å². The topological polar surface area (TPSA) is 67.2 Å². The largest absolute Gasteiger partial charge is 0.463 e. The first kappa shape index (κ1) is 9.63. The number of ketones is 1. The summed E-state index contributed by atoms with van der Waals surface area (Å²) in [4.78, 5) is 21.4. The molecule has 0 fully saturated rings. The Hall–Kier alpha value is -1.37. The Morgan fingerprint density at radius 1 is 1.64 bits per heavy atom. The van der Waals surface area contributed by atoms with Crippen LogP contribution >= 0.6 is 0 Å². The van der Waals surface area contributed by atoms with Crippen molar-refractivity contribution in [3.63, 3.8) is 0 Å². The van der Waals surface area contributed by atoms with Crippen LogP contribution in [0.4, 0.5) is 0 Å². The fourth-order valence-corrected chi connectivity index (χ4v) is 0.578. The van der Waals surface area contributed by atoms with E-state index in [1.165, 1.54) is 0 Å². The highest BCUT2D eigenvalue weighted by molar-refractivity contribution is 6.35. The van der Waals surface area contributed by atoms with Gasteiger partial charge in [0.25, 0.3) is 5.78 Å². The highest BCUT2D eigenvalue weighted by Crippen LogP contribution is 2.02. The van der Waals surface area contributed by atoms with Gasteiger partial charge in [0.15, 0.2) is 0 Å². The fraction of sp³-hybridized carbons (Fsp3) is 0.571. The second-order valence-electron chi connectivity index (χ2n) is 1.95. The van der Waals surface area contributed by atoms with Crippen LogP contribution in [0.15, 0.2) is 0 Å². The zero-order chi connectivity index (χ0) is 8.85. The number of carbonyl (C=O) groups excluding carboxylic acids is 2. The molecule has 0 aliphatic carbocycles. The van der Waals surface area contributed by atoms with Crippen molar-refractivity contribution < 1.29 is 14.3 Å². The average Bonchev–Trinajstić information content (AvgIpc) is 2.05. The third kappa shape index (κ3) is 2.38. The van der Waals surface area contributed by atoms with Crippen LogP contribution in [0, 0.1) is 17.2 Å². The molecule has 0 spiro atoms. The van der Waals surface area contributed by atoms with Crippen LogP contribution < -0.4 is 0 Å². The van der Waals surface area contributed by atoms with Crippen molar-refractivity contribution in [2.24, 2.45) is 5.92 Å². The predicted octanol–water partition coefficient (Wildman–Crippen LogP) is 0.278. The van der Waals surface area contributed by atoms with Crippen molar-refractivity contribution in [1.29, 1.82) is 5.26 Å². The monoisotopic (exact) mass is 155 g/mol. The zero-order valence-corrected chi connectivity index (χ0v) is 6.46. The lowest BCUT2D eigenvalue weighted by molar-refractivity contribution is -0.152. The summed E-state index contributed by atoms with van der Waals surface area (Å²) in [6.45, 7) is 1.66. The van der Waals surface area contributed by atoms with E-state index in [9.17, 15) is 9.59 Å². The molecule has 0 saturated carbocycles. The van der Waals surface area contributed by atoms with Crippen LogP contribution in [-0.2, 0) is 14.3 Å². The minimum atomic E-state index is -0.946. The molecule has 0 N–H and O–H groups in total. The lowest BCUT2D eigenvalue weighted by Gasteiger charge is -2.00. The molecular weight excluding hydrogens is 146 g/mol. The number of methoxy groups -OCH3 is 1. The highest BCUT2D eigenvalue weighted by atomic mass is 16.5. The van der Waals surface area contributed by atoms with E-state index < -0.39 is 17.7 Å². The molecule has 0 aliphatic rings. The third-order valence-corrected chi connectivity index (χ3v) is 1.27. The second kappa shape index (κ2) is 4.45. The molecule has 1 unspecified atom stereocenters. The van der Waals surface area contributed by atoms with E-state index in [2.05, 4.69) is 4.74 Å². The number of carbonyl (C=O) groups is 2. The summed E-state index contributed by atoms with van der Waals surface area (Å²) in [7, 11) is 1.12. The number of rotatable bonds is 3. The van der Waals surface area contributed by atoms with E-state index in [4.69, 9.17) is 5.26 Å². The van der Waals surface area contributed by atoms with Gasteiger partial charge >= 0.3 is 5.97 Å². The van der Waals surface area contributed by atoms with Gasteiger partial charge in [0.2, 0.25) is 0 Å². The van der Waals surface area contributed by atoms with Crippen LogP contribution in [-0.4, -0.2) is 18.9 Å². The molecule has 0 aliphatic heterocycles. The van der Waals surface area contributed by atoms with Crippen molar-refractivity contribution in [2.45, 2.75) is 13.3 Å². The molecule has 0 heterocycles. The Kier molecular flexibility index (Phi) is 3.89. The van der Waals surface area contributed by atoms with E-state index in [-0.39, 0.29) is 0 Å². The van der Waals surface area contributed by atoms with Crippen LogP contribution in [0.3, 0.4) is 0 Å². The molecule has 0 saturated heterocycles. The molecule has 0 radical (unpaired) electrons. The van der Waals surface area contributed by atoms with Gasteiger partial charge in [0.1, 0.15) is 5.92 Å².